The average molecular weight is 309 g/mol. The van der Waals surface area contributed by atoms with Crippen molar-refractivity contribution in [3.05, 3.63) is 58.9 Å². The van der Waals surface area contributed by atoms with Crippen molar-refractivity contribution in [2.24, 2.45) is 5.92 Å². The molecule has 1 aromatic heterocycles. The molecule has 2 rings (SSSR count). The Labute approximate surface area is 126 Å². The monoisotopic (exact) mass is 309 g/mol. The van der Waals surface area contributed by atoms with Crippen LogP contribution in [0, 0.1) is 17.6 Å². The summed E-state index contributed by atoms with van der Waals surface area (Å²) in [6.07, 6.45) is 0.736. The molecule has 0 saturated carbocycles. The van der Waals surface area contributed by atoms with Gasteiger partial charge < -0.3 is 14.8 Å². The fraction of sp³-hybridized carbons (Fsp3) is 0.312. The van der Waals surface area contributed by atoms with Gasteiger partial charge >= 0.3 is 5.97 Å². The third-order valence-corrected chi connectivity index (χ3v) is 3.45. The molecule has 4 nitrogen and oxygen atoms in total. The van der Waals surface area contributed by atoms with E-state index in [0.29, 0.717) is 11.1 Å². The first-order chi connectivity index (χ1) is 10.3. The summed E-state index contributed by atoms with van der Waals surface area (Å²) < 4.78 is 27.6. The Kier molecular flexibility index (Phi) is 4.61. The molecule has 1 aromatic carbocycles. The van der Waals surface area contributed by atoms with Crippen LogP contribution in [0.15, 0.2) is 30.5 Å². The smallest absolute Gasteiger partial charge is 0.352 e. The van der Waals surface area contributed by atoms with Crippen molar-refractivity contribution in [2.45, 2.75) is 26.5 Å². The largest absolute Gasteiger partial charge is 0.477 e. The number of hydrogen-bond acceptors (Lipinski definition) is 2. The number of aliphatic hydroxyl groups excluding tert-OH is 1. The quantitative estimate of drug-likeness (QED) is 0.891. The van der Waals surface area contributed by atoms with Gasteiger partial charge in [-0.05, 0) is 35.2 Å². The van der Waals surface area contributed by atoms with Gasteiger partial charge in [0.2, 0.25) is 0 Å². The zero-order chi connectivity index (χ0) is 16.4. The Morgan fingerprint density at radius 1 is 1.23 bits per heavy atom. The van der Waals surface area contributed by atoms with Crippen molar-refractivity contribution in [1.29, 1.82) is 0 Å². The van der Waals surface area contributed by atoms with Crippen LogP contribution < -0.4 is 0 Å². The molecule has 1 unspecified atom stereocenters. The van der Waals surface area contributed by atoms with Crippen molar-refractivity contribution in [1.82, 2.24) is 4.57 Å². The molecule has 0 fully saturated rings. The molecule has 1 atom stereocenters. The van der Waals surface area contributed by atoms with Crippen molar-refractivity contribution in [3.63, 3.8) is 0 Å². The van der Waals surface area contributed by atoms with Gasteiger partial charge in [0.1, 0.15) is 5.69 Å². The highest BCUT2D eigenvalue weighted by Crippen LogP contribution is 2.24. The van der Waals surface area contributed by atoms with E-state index in [4.69, 9.17) is 0 Å². The minimum atomic E-state index is -1.15. The Balaban J connectivity index is 2.36. The maximum atomic E-state index is 13.2. The van der Waals surface area contributed by atoms with Crippen molar-refractivity contribution < 1.29 is 23.8 Å². The molecule has 0 aliphatic carbocycles. The van der Waals surface area contributed by atoms with E-state index in [9.17, 15) is 23.8 Å². The lowest BCUT2D eigenvalue weighted by molar-refractivity contribution is 0.0685. The summed E-state index contributed by atoms with van der Waals surface area (Å²) in [5.74, 6) is -3.15. The molecule has 0 spiro atoms. The molecular formula is C16H17F2NO3. The van der Waals surface area contributed by atoms with E-state index in [2.05, 4.69) is 0 Å². The lowest BCUT2D eigenvalue weighted by atomic mass is 10.0. The highest BCUT2D eigenvalue weighted by molar-refractivity contribution is 5.86. The molecule has 0 aliphatic rings. The second-order valence-corrected chi connectivity index (χ2v) is 5.53. The van der Waals surface area contributed by atoms with Crippen LogP contribution in [0.4, 0.5) is 8.78 Å². The fourth-order valence-corrected chi connectivity index (χ4v) is 2.22. The summed E-state index contributed by atoms with van der Waals surface area (Å²) >= 11 is 0. The van der Waals surface area contributed by atoms with Gasteiger partial charge in [-0.15, -0.1) is 0 Å². The zero-order valence-corrected chi connectivity index (χ0v) is 12.3. The second kappa shape index (κ2) is 6.27. The molecule has 6 heteroatoms. The van der Waals surface area contributed by atoms with Crippen LogP contribution in [-0.2, 0) is 6.54 Å². The van der Waals surface area contributed by atoms with Gasteiger partial charge in [-0.2, -0.15) is 0 Å². The number of carboxylic acid groups (broad SMARTS) is 1. The number of aromatic nitrogens is 1. The molecule has 118 valence electrons. The van der Waals surface area contributed by atoms with Crippen LogP contribution in [0.2, 0.25) is 0 Å². The van der Waals surface area contributed by atoms with Crippen LogP contribution in [0.5, 0.6) is 0 Å². The number of carbonyl (C=O) groups is 1. The van der Waals surface area contributed by atoms with Gasteiger partial charge in [0.05, 0.1) is 6.10 Å². The summed E-state index contributed by atoms with van der Waals surface area (Å²) in [6, 6.07) is 4.81. The van der Waals surface area contributed by atoms with E-state index >= 15 is 0 Å². The summed E-state index contributed by atoms with van der Waals surface area (Å²) in [4.78, 5) is 11.3. The number of aromatic carboxylic acids is 1. The number of benzene rings is 1. The standard InChI is InChI=1S/C16H17F2NO3/c1-9(2)15(20)11-6-14(16(21)22)19(8-11)7-10-3-4-12(17)13(18)5-10/h3-6,8-9,15,20H,7H2,1-2H3,(H,21,22). The van der Waals surface area contributed by atoms with Gasteiger partial charge in [0, 0.05) is 12.7 Å². The number of nitrogens with zero attached hydrogens (tertiary/aromatic N) is 1. The molecule has 0 aliphatic heterocycles. The van der Waals surface area contributed by atoms with Gasteiger partial charge in [-0.3, -0.25) is 0 Å². The summed E-state index contributed by atoms with van der Waals surface area (Å²) in [7, 11) is 0. The van der Waals surface area contributed by atoms with Crippen LogP contribution in [0.3, 0.4) is 0 Å². The molecule has 2 N–H and O–H groups in total. The number of carboxylic acids is 1. The third-order valence-electron chi connectivity index (χ3n) is 3.45. The first-order valence-electron chi connectivity index (χ1n) is 6.85. The van der Waals surface area contributed by atoms with E-state index in [1.807, 2.05) is 13.8 Å². The first-order valence-corrected chi connectivity index (χ1v) is 6.85. The Morgan fingerprint density at radius 3 is 2.45 bits per heavy atom. The molecule has 22 heavy (non-hydrogen) atoms. The van der Waals surface area contributed by atoms with Gasteiger partial charge in [-0.1, -0.05) is 19.9 Å². The lowest BCUT2D eigenvalue weighted by Gasteiger charge is -2.12. The molecule has 0 radical (unpaired) electrons. The van der Waals surface area contributed by atoms with Gasteiger partial charge in [-0.25, -0.2) is 13.6 Å². The highest BCUT2D eigenvalue weighted by atomic mass is 19.2. The van der Waals surface area contributed by atoms with E-state index in [1.165, 1.54) is 22.9 Å². The van der Waals surface area contributed by atoms with Crippen molar-refractivity contribution in [3.8, 4) is 0 Å². The summed E-state index contributed by atoms with van der Waals surface area (Å²) in [6.45, 7) is 3.71. The van der Waals surface area contributed by atoms with E-state index in [0.717, 1.165) is 12.1 Å². The SMILES string of the molecule is CC(C)C(O)c1cc(C(=O)O)n(Cc2ccc(F)c(F)c2)c1. The molecule has 0 saturated heterocycles. The van der Waals surface area contributed by atoms with Crippen molar-refractivity contribution in [2.75, 3.05) is 0 Å². The minimum Gasteiger partial charge on any atom is -0.477 e. The van der Waals surface area contributed by atoms with Gasteiger partial charge in [0.15, 0.2) is 11.6 Å². The Bertz CT molecular complexity index is 695. The van der Waals surface area contributed by atoms with Crippen LogP contribution in [-0.4, -0.2) is 20.7 Å². The first kappa shape index (κ1) is 16.2. The molecule has 2 aromatic rings. The number of halogens is 2. The Morgan fingerprint density at radius 2 is 1.91 bits per heavy atom. The van der Waals surface area contributed by atoms with E-state index < -0.39 is 23.7 Å². The zero-order valence-electron chi connectivity index (χ0n) is 12.3. The topological polar surface area (TPSA) is 62.5 Å². The highest BCUT2D eigenvalue weighted by Gasteiger charge is 2.19. The third kappa shape index (κ3) is 3.33. The number of aliphatic hydroxyl groups is 1. The second-order valence-electron chi connectivity index (χ2n) is 5.53. The van der Waals surface area contributed by atoms with Crippen LogP contribution in [0.1, 0.15) is 41.6 Å². The predicted molar refractivity (Wildman–Crippen MR) is 76.6 cm³/mol. The number of hydrogen-bond donors (Lipinski definition) is 2. The Hall–Kier alpha value is -2.21. The average Bonchev–Trinajstić information content (AvgIpc) is 2.86. The summed E-state index contributed by atoms with van der Waals surface area (Å²) in [5, 5.41) is 19.3. The van der Waals surface area contributed by atoms with E-state index in [1.54, 1.807) is 0 Å². The maximum Gasteiger partial charge on any atom is 0.352 e. The minimum absolute atomic E-state index is 0.0144. The molecular weight excluding hydrogens is 292 g/mol. The molecule has 1 heterocycles. The number of rotatable bonds is 5. The maximum absolute atomic E-state index is 13.2. The van der Waals surface area contributed by atoms with Crippen LogP contribution >= 0.6 is 0 Å². The van der Waals surface area contributed by atoms with Crippen molar-refractivity contribution >= 4 is 5.97 Å². The van der Waals surface area contributed by atoms with Gasteiger partial charge in [0.25, 0.3) is 0 Å². The molecule has 0 bridgehead atoms. The predicted octanol–water partition coefficient (Wildman–Crippen LogP) is 3.20. The normalized spacial score (nSPS) is 12.6. The summed E-state index contributed by atoms with van der Waals surface area (Å²) in [5.41, 5.74) is 0.900. The van der Waals surface area contributed by atoms with E-state index in [-0.39, 0.29) is 18.2 Å². The molecule has 0 amide bonds. The van der Waals surface area contributed by atoms with Crippen LogP contribution in [0.25, 0.3) is 0 Å². The fourth-order valence-electron chi connectivity index (χ4n) is 2.22. The lowest BCUT2D eigenvalue weighted by Crippen LogP contribution is -2.08.